The van der Waals surface area contributed by atoms with Gasteiger partial charge in [0.2, 0.25) is 0 Å². The number of aromatic nitrogens is 1. The number of aryl methyl sites for hydroxylation is 1. The Balaban J connectivity index is 2.09. The van der Waals surface area contributed by atoms with Gasteiger partial charge in [0.15, 0.2) is 0 Å². The Labute approximate surface area is 123 Å². The first-order valence-electron chi connectivity index (χ1n) is 6.86. The summed E-state index contributed by atoms with van der Waals surface area (Å²) in [5.74, 6) is 0. The van der Waals surface area contributed by atoms with Crippen LogP contribution in [0.25, 0.3) is 33.1 Å². The number of rotatable bonds is 1. The van der Waals surface area contributed by atoms with Gasteiger partial charge in [0.25, 0.3) is 0 Å². The number of para-hydroxylation sites is 1. The van der Waals surface area contributed by atoms with Gasteiger partial charge in [0, 0.05) is 23.2 Å². The average molecular weight is 269 g/mol. The maximum atomic E-state index is 6.20. The van der Waals surface area contributed by atoms with Gasteiger partial charge in [-0.15, -0.1) is 0 Å². The number of nitrogens with zero attached hydrogens (tertiary/aromatic N) is 1. The van der Waals surface area contributed by atoms with E-state index in [9.17, 15) is 0 Å². The van der Waals surface area contributed by atoms with Crippen LogP contribution in [0.1, 0.15) is 5.56 Å². The van der Waals surface area contributed by atoms with Crippen LogP contribution in [0.4, 0.5) is 0 Å². The Morgan fingerprint density at radius 1 is 1.05 bits per heavy atom. The van der Waals surface area contributed by atoms with Crippen molar-refractivity contribution in [2.45, 2.75) is 6.92 Å². The van der Waals surface area contributed by atoms with Gasteiger partial charge in [0.1, 0.15) is 19.0 Å². The molecule has 4 aromatic rings. The minimum atomic E-state index is 0.662. The van der Waals surface area contributed by atoms with Gasteiger partial charge in [-0.3, -0.25) is 4.98 Å². The Kier molecular flexibility index (Phi) is 2.61. The monoisotopic (exact) mass is 269 g/mol. The van der Waals surface area contributed by atoms with Crippen LogP contribution in [0, 0.1) is 6.92 Å². The van der Waals surface area contributed by atoms with Crippen LogP contribution >= 0.6 is 0 Å². The maximum Gasteiger partial charge on any atom is 0.135 e. The van der Waals surface area contributed by atoms with Gasteiger partial charge in [0.05, 0.1) is 0 Å². The predicted octanol–water partition coefficient (Wildman–Crippen LogP) is 3.75. The molecule has 0 unspecified atom stereocenters. The lowest BCUT2D eigenvalue weighted by Crippen LogP contribution is -2.03. The minimum absolute atomic E-state index is 0.662. The fourth-order valence-corrected chi connectivity index (χ4v) is 2.81. The summed E-state index contributed by atoms with van der Waals surface area (Å²) in [5, 5.41) is 2.14. The van der Waals surface area contributed by atoms with Crippen LogP contribution in [0.15, 0.2) is 59.3 Å². The van der Waals surface area contributed by atoms with Gasteiger partial charge in [-0.1, -0.05) is 29.7 Å². The van der Waals surface area contributed by atoms with Crippen molar-refractivity contribution in [1.82, 2.24) is 4.98 Å². The second-order valence-electron chi connectivity index (χ2n) is 5.23. The first-order valence-corrected chi connectivity index (χ1v) is 6.86. The molecule has 21 heavy (non-hydrogen) atoms. The van der Waals surface area contributed by atoms with E-state index in [1.807, 2.05) is 36.5 Å². The summed E-state index contributed by atoms with van der Waals surface area (Å²) in [7, 11) is 6.20. The molecule has 2 radical (unpaired) electrons. The SMILES string of the molecule is [B]c1cc(-c2ccncc2C)cc2c1oc1ccccc12. The highest BCUT2D eigenvalue weighted by Gasteiger charge is 2.11. The van der Waals surface area contributed by atoms with E-state index in [4.69, 9.17) is 12.3 Å². The summed E-state index contributed by atoms with van der Waals surface area (Å²) < 4.78 is 5.87. The highest BCUT2D eigenvalue weighted by Crippen LogP contribution is 2.31. The topological polar surface area (TPSA) is 26.0 Å². The normalized spacial score (nSPS) is 11.3. The zero-order chi connectivity index (χ0) is 14.4. The number of hydrogen-bond acceptors (Lipinski definition) is 2. The first-order chi connectivity index (χ1) is 10.2. The van der Waals surface area contributed by atoms with Crippen LogP contribution in [0.3, 0.4) is 0 Å². The molecule has 0 atom stereocenters. The molecule has 2 heterocycles. The summed E-state index contributed by atoms with van der Waals surface area (Å²) in [6.07, 6.45) is 3.67. The van der Waals surface area contributed by atoms with Crippen molar-refractivity contribution >= 4 is 35.2 Å². The zero-order valence-electron chi connectivity index (χ0n) is 11.6. The van der Waals surface area contributed by atoms with Crippen LogP contribution in [-0.4, -0.2) is 12.8 Å². The summed E-state index contributed by atoms with van der Waals surface area (Å²) in [4.78, 5) is 4.15. The number of hydrogen-bond donors (Lipinski definition) is 0. The molecular weight excluding hydrogens is 257 g/mol. The fraction of sp³-hybridized carbons (Fsp3) is 0.0556. The molecule has 0 saturated carbocycles. The summed E-state index contributed by atoms with van der Waals surface area (Å²) in [5.41, 5.74) is 5.64. The van der Waals surface area contributed by atoms with E-state index in [0.717, 1.165) is 38.6 Å². The molecule has 0 spiro atoms. The average Bonchev–Trinajstić information content (AvgIpc) is 2.87. The molecule has 0 aliphatic rings. The molecule has 0 aliphatic carbocycles. The summed E-state index contributed by atoms with van der Waals surface area (Å²) in [6.45, 7) is 2.05. The van der Waals surface area contributed by atoms with Crippen molar-refractivity contribution in [2.24, 2.45) is 0 Å². The van der Waals surface area contributed by atoms with Crippen LogP contribution in [0.5, 0.6) is 0 Å². The Bertz CT molecular complexity index is 971. The van der Waals surface area contributed by atoms with E-state index >= 15 is 0 Å². The van der Waals surface area contributed by atoms with E-state index in [2.05, 4.69) is 24.0 Å². The second kappa shape index (κ2) is 4.49. The highest BCUT2D eigenvalue weighted by molar-refractivity contribution is 6.39. The van der Waals surface area contributed by atoms with Crippen molar-refractivity contribution in [3.05, 3.63) is 60.4 Å². The quantitative estimate of drug-likeness (QED) is 0.492. The molecule has 0 saturated heterocycles. The Morgan fingerprint density at radius 3 is 2.76 bits per heavy atom. The molecule has 0 amide bonds. The number of fused-ring (bicyclic) bond motifs is 3. The largest absolute Gasteiger partial charge is 0.457 e. The maximum absolute atomic E-state index is 6.20. The van der Waals surface area contributed by atoms with Gasteiger partial charge in [-0.05, 0) is 41.8 Å². The van der Waals surface area contributed by atoms with E-state index in [1.54, 1.807) is 6.20 Å². The Hall–Kier alpha value is -2.55. The number of benzene rings is 2. The van der Waals surface area contributed by atoms with Crippen LogP contribution in [0.2, 0.25) is 0 Å². The molecular formula is C18H12BNO. The smallest absolute Gasteiger partial charge is 0.135 e. The Morgan fingerprint density at radius 2 is 1.90 bits per heavy atom. The van der Waals surface area contributed by atoms with E-state index in [-0.39, 0.29) is 0 Å². The van der Waals surface area contributed by atoms with Gasteiger partial charge < -0.3 is 4.42 Å². The lowest BCUT2D eigenvalue weighted by atomic mass is 9.89. The van der Waals surface area contributed by atoms with Crippen molar-refractivity contribution in [3.63, 3.8) is 0 Å². The zero-order valence-corrected chi connectivity index (χ0v) is 11.6. The van der Waals surface area contributed by atoms with E-state index in [1.165, 1.54) is 0 Å². The van der Waals surface area contributed by atoms with Crippen LogP contribution in [-0.2, 0) is 0 Å². The number of pyridine rings is 1. The minimum Gasteiger partial charge on any atom is -0.457 e. The van der Waals surface area contributed by atoms with Crippen molar-refractivity contribution in [2.75, 3.05) is 0 Å². The molecule has 2 aromatic carbocycles. The van der Waals surface area contributed by atoms with Crippen molar-refractivity contribution in [1.29, 1.82) is 0 Å². The highest BCUT2D eigenvalue weighted by atomic mass is 16.3. The molecule has 98 valence electrons. The summed E-state index contributed by atoms with van der Waals surface area (Å²) in [6, 6.07) is 14.1. The third kappa shape index (κ3) is 1.85. The third-order valence-corrected chi connectivity index (χ3v) is 3.84. The number of furan rings is 1. The lowest BCUT2D eigenvalue weighted by molar-refractivity contribution is 0.671. The first kappa shape index (κ1) is 12.2. The van der Waals surface area contributed by atoms with Gasteiger partial charge in [-0.25, -0.2) is 0 Å². The van der Waals surface area contributed by atoms with Crippen molar-refractivity contribution in [3.8, 4) is 11.1 Å². The summed E-state index contributed by atoms with van der Waals surface area (Å²) >= 11 is 0. The molecule has 0 bridgehead atoms. The van der Waals surface area contributed by atoms with Crippen molar-refractivity contribution < 1.29 is 4.42 Å². The molecule has 3 heteroatoms. The van der Waals surface area contributed by atoms with Crippen LogP contribution < -0.4 is 5.46 Å². The molecule has 0 aliphatic heterocycles. The standard InChI is InChI=1S/C18H12BNO/c1-11-10-20-7-6-13(11)12-8-15-14-4-2-3-5-17(14)21-18(15)16(19)9-12/h2-10H,1H3. The molecule has 0 fully saturated rings. The fourth-order valence-electron chi connectivity index (χ4n) is 2.81. The van der Waals surface area contributed by atoms with Gasteiger partial charge >= 0.3 is 0 Å². The molecule has 4 rings (SSSR count). The second-order valence-corrected chi connectivity index (χ2v) is 5.23. The third-order valence-electron chi connectivity index (χ3n) is 3.84. The van der Waals surface area contributed by atoms with Gasteiger partial charge in [-0.2, -0.15) is 0 Å². The predicted molar refractivity (Wildman–Crippen MR) is 87.1 cm³/mol. The molecule has 2 aromatic heterocycles. The van der Waals surface area contributed by atoms with E-state index < -0.39 is 0 Å². The van der Waals surface area contributed by atoms with E-state index in [0.29, 0.717) is 5.46 Å². The lowest BCUT2D eigenvalue weighted by Gasteiger charge is -2.07. The molecule has 0 N–H and O–H groups in total. The molecule has 2 nitrogen and oxygen atoms in total.